The number of aryl methyl sites for hydroxylation is 2. The van der Waals surface area contributed by atoms with Crippen molar-refractivity contribution in [3.05, 3.63) is 120 Å². The van der Waals surface area contributed by atoms with Crippen molar-refractivity contribution >= 4 is 16.9 Å². The van der Waals surface area contributed by atoms with Crippen LogP contribution in [0, 0.1) is 13.8 Å². The first-order valence-electron chi connectivity index (χ1n) is 10.9. The summed E-state index contributed by atoms with van der Waals surface area (Å²) >= 11 is 0. The van der Waals surface area contributed by atoms with Crippen LogP contribution in [0.3, 0.4) is 0 Å². The lowest BCUT2D eigenvalue weighted by Crippen LogP contribution is -2.11. The van der Waals surface area contributed by atoms with Crippen molar-refractivity contribution in [2.45, 2.75) is 13.8 Å². The number of carbonyl (C=O) groups excluding carboxylic acids is 1. The van der Waals surface area contributed by atoms with Gasteiger partial charge in [0.05, 0.1) is 16.8 Å². The molecule has 0 unspecified atom stereocenters. The first-order valence-corrected chi connectivity index (χ1v) is 10.9. The summed E-state index contributed by atoms with van der Waals surface area (Å²) in [5.74, 6) is 0.227. The van der Waals surface area contributed by atoms with Crippen LogP contribution in [-0.2, 0) is 0 Å². The van der Waals surface area contributed by atoms with E-state index in [0.717, 1.165) is 44.4 Å². The third-order valence-corrected chi connectivity index (χ3v) is 5.83. The normalized spacial score (nSPS) is 10.8. The van der Waals surface area contributed by atoms with Crippen molar-refractivity contribution < 1.29 is 9.53 Å². The molecule has 0 aliphatic heterocycles. The number of para-hydroxylation sites is 2. The van der Waals surface area contributed by atoms with E-state index in [4.69, 9.17) is 9.72 Å². The lowest BCUT2D eigenvalue weighted by Gasteiger charge is -2.13. The van der Waals surface area contributed by atoms with Crippen LogP contribution in [-0.4, -0.2) is 11.0 Å². The molecule has 1 aromatic heterocycles. The van der Waals surface area contributed by atoms with Crippen LogP contribution < -0.4 is 4.74 Å². The van der Waals surface area contributed by atoms with Crippen molar-refractivity contribution in [1.82, 2.24) is 4.98 Å². The molecule has 0 radical (unpaired) electrons. The average Bonchev–Trinajstić information content (AvgIpc) is 2.86. The Hall–Kier alpha value is -4.24. The lowest BCUT2D eigenvalue weighted by atomic mass is 10.0. The zero-order valence-electron chi connectivity index (χ0n) is 18.6. The highest BCUT2D eigenvalue weighted by molar-refractivity contribution is 6.05. The van der Waals surface area contributed by atoms with Gasteiger partial charge in [-0.05, 0) is 48.2 Å². The Kier molecular flexibility index (Phi) is 5.45. The first kappa shape index (κ1) is 20.7. The van der Waals surface area contributed by atoms with Crippen LogP contribution in [0.4, 0.5) is 0 Å². The minimum atomic E-state index is -0.381. The Morgan fingerprint density at radius 2 is 1.27 bits per heavy atom. The molecule has 0 fully saturated rings. The van der Waals surface area contributed by atoms with E-state index in [1.807, 2.05) is 92.7 Å². The molecule has 33 heavy (non-hydrogen) atoms. The molecule has 3 heteroatoms. The lowest BCUT2D eigenvalue weighted by molar-refractivity contribution is 0.0734. The Labute approximate surface area is 193 Å². The van der Waals surface area contributed by atoms with Gasteiger partial charge in [-0.15, -0.1) is 0 Å². The Morgan fingerprint density at radius 3 is 2.00 bits per heavy atom. The minimum absolute atomic E-state index is 0.381. The quantitative estimate of drug-likeness (QED) is 0.221. The number of esters is 1. The van der Waals surface area contributed by atoms with Gasteiger partial charge in [0.15, 0.2) is 0 Å². The summed E-state index contributed by atoms with van der Waals surface area (Å²) < 4.78 is 5.87. The number of carbonyl (C=O) groups is 1. The number of ether oxygens (including phenoxy) is 1. The highest BCUT2D eigenvalue weighted by Crippen LogP contribution is 2.29. The Balaban J connectivity index is 1.56. The fourth-order valence-corrected chi connectivity index (χ4v) is 4.06. The van der Waals surface area contributed by atoms with Gasteiger partial charge in [0, 0.05) is 10.9 Å². The third kappa shape index (κ3) is 4.13. The largest absolute Gasteiger partial charge is 0.422 e. The molecule has 160 valence electrons. The van der Waals surface area contributed by atoms with Crippen molar-refractivity contribution in [3.63, 3.8) is 0 Å². The van der Waals surface area contributed by atoms with Crippen molar-refractivity contribution in [2.75, 3.05) is 0 Å². The number of hydrogen-bond donors (Lipinski definition) is 0. The van der Waals surface area contributed by atoms with Crippen LogP contribution in [0.5, 0.6) is 5.75 Å². The van der Waals surface area contributed by atoms with Gasteiger partial charge in [0.1, 0.15) is 5.75 Å². The maximum atomic E-state index is 13.3. The topological polar surface area (TPSA) is 39.2 Å². The SMILES string of the molecule is Cc1cccc(C)c1OC(=O)c1cc(-c2ccc(-c3ccccc3)cc2)nc2ccccc12. The zero-order valence-corrected chi connectivity index (χ0v) is 18.6. The van der Waals surface area contributed by atoms with Crippen LogP contribution >= 0.6 is 0 Å². The second kappa shape index (κ2) is 8.71. The smallest absolute Gasteiger partial charge is 0.344 e. The standard InChI is InChI=1S/C30H23NO2/c1-20-9-8-10-21(2)29(20)33-30(32)26-19-28(31-27-14-7-6-13-25(26)27)24-17-15-23(16-18-24)22-11-4-3-5-12-22/h3-19H,1-2H3. The van der Waals surface area contributed by atoms with Crippen molar-refractivity contribution in [1.29, 1.82) is 0 Å². The van der Waals surface area contributed by atoms with E-state index in [-0.39, 0.29) is 5.97 Å². The highest BCUT2D eigenvalue weighted by atomic mass is 16.5. The van der Waals surface area contributed by atoms with Crippen LogP contribution in [0.1, 0.15) is 21.5 Å². The van der Waals surface area contributed by atoms with E-state index in [1.54, 1.807) is 0 Å². The Bertz CT molecular complexity index is 1430. The summed E-state index contributed by atoms with van der Waals surface area (Å²) in [7, 11) is 0. The van der Waals surface area contributed by atoms with Gasteiger partial charge in [0.25, 0.3) is 0 Å². The molecule has 1 heterocycles. The van der Waals surface area contributed by atoms with Gasteiger partial charge in [0.2, 0.25) is 0 Å². The van der Waals surface area contributed by atoms with E-state index in [9.17, 15) is 4.79 Å². The van der Waals surface area contributed by atoms with Gasteiger partial charge in [-0.1, -0.05) is 91.0 Å². The van der Waals surface area contributed by atoms with Crippen LogP contribution in [0.2, 0.25) is 0 Å². The molecule has 5 aromatic rings. The predicted molar refractivity (Wildman–Crippen MR) is 133 cm³/mol. The van der Waals surface area contributed by atoms with Gasteiger partial charge in [-0.2, -0.15) is 0 Å². The fourth-order valence-electron chi connectivity index (χ4n) is 4.06. The molecule has 5 rings (SSSR count). The van der Waals surface area contributed by atoms with E-state index in [2.05, 4.69) is 24.3 Å². The maximum Gasteiger partial charge on any atom is 0.344 e. The molecule has 0 amide bonds. The summed E-state index contributed by atoms with van der Waals surface area (Å²) in [6, 6.07) is 33.8. The minimum Gasteiger partial charge on any atom is -0.422 e. The third-order valence-electron chi connectivity index (χ3n) is 5.83. The summed E-state index contributed by atoms with van der Waals surface area (Å²) in [5.41, 5.74) is 7.10. The summed E-state index contributed by atoms with van der Waals surface area (Å²) in [5, 5.41) is 0.776. The summed E-state index contributed by atoms with van der Waals surface area (Å²) in [6.07, 6.45) is 0. The molecule has 0 spiro atoms. The van der Waals surface area contributed by atoms with Crippen LogP contribution in [0.25, 0.3) is 33.3 Å². The van der Waals surface area contributed by atoms with Crippen molar-refractivity contribution in [2.24, 2.45) is 0 Å². The van der Waals surface area contributed by atoms with E-state index in [0.29, 0.717) is 11.3 Å². The molecule has 0 aliphatic rings. The molecule has 0 atom stereocenters. The first-order chi connectivity index (χ1) is 16.1. The second-order valence-electron chi connectivity index (χ2n) is 8.13. The molecule has 0 saturated carbocycles. The van der Waals surface area contributed by atoms with E-state index in [1.165, 1.54) is 0 Å². The van der Waals surface area contributed by atoms with Crippen LogP contribution in [0.15, 0.2) is 103 Å². The average molecular weight is 430 g/mol. The van der Waals surface area contributed by atoms with E-state index >= 15 is 0 Å². The molecular weight excluding hydrogens is 406 g/mol. The van der Waals surface area contributed by atoms with Gasteiger partial charge in [-0.3, -0.25) is 0 Å². The molecule has 4 aromatic carbocycles. The predicted octanol–water partition coefficient (Wildman–Crippen LogP) is 7.40. The maximum absolute atomic E-state index is 13.3. The summed E-state index contributed by atoms with van der Waals surface area (Å²) in [6.45, 7) is 3.89. The second-order valence-corrected chi connectivity index (χ2v) is 8.13. The number of pyridine rings is 1. The van der Waals surface area contributed by atoms with Crippen molar-refractivity contribution in [3.8, 4) is 28.1 Å². The molecule has 0 aliphatic carbocycles. The fraction of sp³-hybridized carbons (Fsp3) is 0.0667. The molecule has 3 nitrogen and oxygen atoms in total. The number of benzene rings is 4. The van der Waals surface area contributed by atoms with Gasteiger partial charge in [-0.25, -0.2) is 9.78 Å². The molecule has 0 bridgehead atoms. The number of aromatic nitrogens is 1. The number of rotatable bonds is 4. The van der Waals surface area contributed by atoms with E-state index < -0.39 is 0 Å². The summed E-state index contributed by atoms with van der Waals surface area (Å²) in [4.78, 5) is 18.1. The zero-order chi connectivity index (χ0) is 22.8. The Morgan fingerprint density at radius 1 is 0.667 bits per heavy atom. The number of hydrogen-bond acceptors (Lipinski definition) is 3. The number of nitrogens with zero attached hydrogens (tertiary/aromatic N) is 1. The van der Waals surface area contributed by atoms with Gasteiger partial charge >= 0.3 is 5.97 Å². The monoisotopic (exact) mass is 429 g/mol. The van der Waals surface area contributed by atoms with Gasteiger partial charge < -0.3 is 4.74 Å². The molecule has 0 saturated heterocycles. The molecular formula is C30H23NO2. The highest BCUT2D eigenvalue weighted by Gasteiger charge is 2.18. The molecule has 0 N–H and O–H groups in total. The number of fused-ring (bicyclic) bond motifs is 1.